The maximum Gasteiger partial charge on any atom is 0.348 e. The van der Waals surface area contributed by atoms with Crippen molar-refractivity contribution in [2.75, 3.05) is 7.11 Å². The molecule has 2 atom stereocenters. The molecule has 0 aliphatic rings. The summed E-state index contributed by atoms with van der Waals surface area (Å²) in [6, 6.07) is 0. The lowest BCUT2D eigenvalue weighted by molar-refractivity contribution is -0.167. The van der Waals surface area contributed by atoms with Crippen molar-refractivity contribution in [3.05, 3.63) is 0 Å². The van der Waals surface area contributed by atoms with Gasteiger partial charge < -0.3 is 9.47 Å². The van der Waals surface area contributed by atoms with Crippen LogP contribution in [0.2, 0.25) is 0 Å². The molecule has 84 valence electrons. The van der Waals surface area contributed by atoms with Gasteiger partial charge in [-0.2, -0.15) is 0 Å². The molecule has 0 rings (SSSR count). The topological polar surface area (TPSA) is 52.6 Å². The Balaban J connectivity index is 4.62. The van der Waals surface area contributed by atoms with Gasteiger partial charge in [0.1, 0.15) is 0 Å². The molecule has 0 radical (unpaired) electrons. The average Bonchev–Trinajstić information content (AvgIpc) is 2.24. The third-order valence-corrected chi connectivity index (χ3v) is 1.81. The second-order valence-corrected chi connectivity index (χ2v) is 2.97. The molecule has 0 aromatic carbocycles. The minimum absolute atomic E-state index is 0.222. The van der Waals surface area contributed by atoms with Crippen molar-refractivity contribution < 1.29 is 19.1 Å². The Morgan fingerprint density at radius 3 is 2.40 bits per heavy atom. The lowest BCUT2D eigenvalue weighted by Crippen LogP contribution is -2.33. The predicted molar refractivity (Wildman–Crippen MR) is 54.8 cm³/mol. The van der Waals surface area contributed by atoms with E-state index in [2.05, 4.69) is 16.6 Å². The third kappa shape index (κ3) is 4.50. The lowest BCUT2D eigenvalue weighted by atomic mass is 10.1. The van der Waals surface area contributed by atoms with Gasteiger partial charge in [0.2, 0.25) is 6.10 Å². The summed E-state index contributed by atoms with van der Waals surface area (Å²) in [6.07, 6.45) is -0.713. The number of carbonyl (C=O) groups excluding carboxylic acids is 2. The van der Waals surface area contributed by atoms with Crippen molar-refractivity contribution in [1.82, 2.24) is 0 Å². The molecule has 0 saturated carbocycles. The standard InChI is InChI=1S/C11H16O4/c1-5-7-8(3)10(11(13)14-4)15-9(12)6-2/h8,10H,6H2,1-4H3/t8-,10-/m0/s1. The van der Waals surface area contributed by atoms with Gasteiger partial charge in [0.15, 0.2) is 0 Å². The Hall–Kier alpha value is -1.50. The summed E-state index contributed by atoms with van der Waals surface area (Å²) in [4.78, 5) is 22.4. The van der Waals surface area contributed by atoms with Crippen LogP contribution in [0.1, 0.15) is 27.2 Å². The second kappa shape index (κ2) is 6.88. The number of hydrogen-bond donors (Lipinski definition) is 0. The van der Waals surface area contributed by atoms with Crippen molar-refractivity contribution in [3.63, 3.8) is 0 Å². The van der Waals surface area contributed by atoms with E-state index in [-0.39, 0.29) is 12.3 Å². The number of ether oxygens (including phenoxy) is 2. The molecule has 0 N–H and O–H groups in total. The van der Waals surface area contributed by atoms with Crippen LogP contribution in [0, 0.1) is 17.8 Å². The molecule has 0 saturated heterocycles. The summed E-state index contributed by atoms with van der Waals surface area (Å²) in [5, 5.41) is 0. The number of methoxy groups -OCH3 is 1. The summed E-state index contributed by atoms with van der Waals surface area (Å²) < 4.78 is 9.49. The normalized spacial score (nSPS) is 13.1. The van der Waals surface area contributed by atoms with Crippen LogP contribution in [-0.4, -0.2) is 25.2 Å². The molecule has 0 fully saturated rings. The summed E-state index contributed by atoms with van der Waals surface area (Å²) in [5.41, 5.74) is 0. The first-order chi connectivity index (χ1) is 7.06. The largest absolute Gasteiger partial charge is 0.466 e. The molecule has 15 heavy (non-hydrogen) atoms. The highest BCUT2D eigenvalue weighted by molar-refractivity contribution is 5.79. The first kappa shape index (κ1) is 13.5. The molecule has 0 aromatic rings. The van der Waals surface area contributed by atoms with Gasteiger partial charge in [0.05, 0.1) is 13.0 Å². The number of rotatable bonds is 4. The highest BCUT2D eigenvalue weighted by Gasteiger charge is 2.28. The van der Waals surface area contributed by atoms with Crippen LogP contribution in [0.5, 0.6) is 0 Å². The average molecular weight is 212 g/mol. The highest BCUT2D eigenvalue weighted by Crippen LogP contribution is 2.09. The van der Waals surface area contributed by atoms with E-state index < -0.39 is 18.0 Å². The predicted octanol–water partition coefficient (Wildman–Crippen LogP) is 1.14. The molecule has 0 heterocycles. The number of hydrogen-bond acceptors (Lipinski definition) is 4. The fourth-order valence-electron chi connectivity index (χ4n) is 0.999. The minimum atomic E-state index is -0.935. The SMILES string of the molecule is CC#C[C@H](C)[C@H](OC(=O)CC)C(=O)OC. The van der Waals surface area contributed by atoms with Crippen molar-refractivity contribution in [2.24, 2.45) is 5.92 Å². The molecule has 0 spiro atoms. The number of esters is 2. The molecule has 4 heteroatoms. The maximum absolute atomic E-state index is 11.3. The van der Waals surface area contributed by atoms with Crippen molar-refractivity contribution >= 4 is 11.9 Å². The molecule has 0 amide bonds. The molecule has 4 nitrogen and oxygen atoms in total. The first-order valence-electron chi connectivity index (χ1n) is 4.76. The lowest BCUT2D eigenvalue weighted by Gasteiger charge is -2.17. The zero-order chi connectivity index (χ0) is 11.8. The van der Waals surface area contributed by atoms with Gasteiger partial charge in [-0.1, -0.05) is 12.8 Å². The van der Waals surface area contributed by atoms with Gasteiger partial charge in [-0.05, 0) is 13.8 Å². The van der Waals surface area contributed by atoms with Gasteiger partial charge in [-0.15, -0.1) is 5.92 Å². The van der Waals surface area contributed by atoms with Crippen LogP contribution >= 0.6 is 0 Å². The van der Waals surface area contributed by atoms with E-state index in [1.807, 2.05) is 0 Å². The second-order valence-electron chi connectivity index (χ2n) is 2.97. The minimum Gasteiger partial charge on any atom is -0.466 e. The van der Waals surface area contributed by atoms with Crippen molar-refractivity contribution in [1.29, 1.82) is 0 Å². The third-order valence-electron chi connectivity index (χ3n) is 1.81. The molecular formula is C11H16O4. The van der Waals surface area contributed by atoms with E-state index in [0.29, 0.717) is 0 Å². The van der Waals surface area contributed by atoms with Crippen LogP contribution in [0.3, 0.4) is 0 Å². The first-order valence-corrected chi connectivity index (χ1v) is 4.76. The number of carbonyl (C=O) groups is 2. The smallest absolute Gasteiger partial charge is 0.348 e. The van der Waals surface area contributed by atoms with Crippen molar-refractivity contribution in [3.8, 4) is 11.8 Å². The van der Waals surface area contributed by atoms with Crippen LogP contribution < -0.4 is 0 Å². The zero-order valence-electron chi connectivity index (χ0n) is 9.49. The Bertz CT molecular complexity index is 285. The highest BCUT2D eigenvalue weighted by atomic mass is 16.6. The van der Waals surface area contributed by atoms with E-state index in [4.69, 9.17) is 4.74 Å². The molecular weight excluding hydrogens is 196 g/mol. The molecule has 0 unspecified atom stereocenters. The van der Waals surface area contributed by atoms with E-state index in [9.17, 15) is 9.59 Å². The van der Waals surface area contributed by atoms with Crippen molar-refractivity contribution in [2.45, 2.75) is 33.3 Å². The van der Waals surface area contributed by atoms with Gasteiger partial charge in [-0.25, -0.2) is 4.79 Å². The van der Waals surface area contributed by atoms with Crippen LogP contribution in [0.4, 0.5) is 0 Å². The van der Waals surface area contributed by atoms with E-state index in [0.717, 1.165) is 0 Å². The molecule has 0 aliphatic heterocycles. The summed E-state index contributed by atoms with van der Waals surface area (Å²) >= 11 is 0. The monoisotopic (exact) mass is 212 g/mol. The van der Waals surface area contributed by atoms with Gasteiger partial charge in [-0.3, -0.25) is 4.79 Å². The Labute approximate surface area is 89.9 Å². The van der Waals surface area contributed by atoms with Gasteiger partial charge in [0.25, 0.3) is 0 Å². The Kier molecular flexibility index (Phi) is 6.19. The molecule has 0 aromatic heterocycles. The van der Waals surface area contributed by atoms with E-state index >= 15 is 0 Å². The Morgan fingerprint density at radius 2 is 2.00 bits per heavy atom. The van der Waals surface area contributed by atoms with Crippen LogP contribution in [-0.2, 0) is 19.1 Å². The fourth-order valence-corrected chi connectivity index (χ4v) is 0.999. The summed E-state index contributed by atoms with van der Waals surface area (Å²) in [6.45, 7) is 5.03. The summed E-state index contributed by atoms with van der Waals surface area (Å²) in [5.74, 6) is 4.06. The van der Waals surface area contributed by atoms with E-state index in [1.54, 1.807) is 20.8 Å². The van der Waals surface area contributed by atoms with E-state index in [1.165, 1.54) is 7.11 Å². The van der Waals surface area contributed by atoms with Crippen LogP contribution in [0.25, 0.3) is 0 Å². The maximum atomic E-state index is 11.3. The molecule has 0 bridgehead atoms. The molecule has 0 aliphatic carbocycles. The summed E-state index contributed by atoms with van der Waals surface area (Å²) in [7, 11) is 1.25. The van der Waals surface area contributed by atoms with Gasteiger partial charge >= 0.3 is 11.9 Å². The van der Waals surface area contributed by atoms with Crippen LogP contribution in [0.15, 0.2) is 0 Å². The Morgan fingerprint density at radius 1 is 1.40 bits per heavy atom. The zero-order valence-corrected chi connectivity index (χ0v) is 9.49. The quantitative estimate of drug-likeness (QED) is 0.518. The van der Waals surface area contributed by atoms with Gasteiger partial charge in [0, 0.05) is 6.42 Å². The fraction of sp³-hybridized carbons (Fsp3) is 0.636.